The third kappa shape index (κ3) is 1.82. The van der Waals surface area contributed by atoms with Crippen molar-refractivity contribution in [2.24, 2.45) is 0 Å². The third-order valence-corrected chi connectivity index (χ3v) is 3.04. The number of methoxy groups -OCH3 is 1. The molecule has 0 unspecified atom stereocenters. The van der Waals surface area contributed by atoms with E-state index in [9.17, 15) is 4.39 Å². The smallest absolute Gasteiger partial charge is 0.140 e. The minimum Gasteiger partial charge on any atom is -0.497 e. The molecule has 3 heteroatoms. The van der Waals surface area contributed by atoms with Crippen molar-refractivity contribution in [1.29, 1.82) is 0 Å². The van der Waals surface area contributed by atoms with Crippen LogP contribution in [-0.2, 0) is 6.42 Å². The van der Waals surface area contributed by atoms with E-state index in [1.807, 2.05) is 24.3 Å². The molecule has 1 aliphatic rings. The van der Waals surface area contributed by atoms with Crippen LogP contribution in [0.2, 0.25) is 0 Å². The van der Waals surface area contributed by atoms with Crippen molar-refractivity contribution in [2.75, 3.05) is 7.11 Å². The largest absolute Gasteiger partial charge is 0.497 e. The highest BCUT2D eigenvalue weighted by Gasteiger charge is 2.19. The van der Waals surface area contributed by atoms with Gasteiger partial charge in [0, 0.05) is 17.5 Å². The summed E-state index contributed by atoms with van der Waals surface area (Å²) < 4.78 is 24.1. The second kappa shape index (κ2) is 4.33. The fourth-order valence-corrected chi connectivity index (χ4v) is 2.14. The van der Waals surface area contributed by atoms with Crippen LogP contribution in [0, 0.1) is 12.4 Å². The molecule has 18 heavy (non-hydrogen) atoms. The summed E-state index contributed by atoms with van der Waals surface area (Å²) in [6.45, 7) is 1.69. The standard InChI is InChI=1S/C15H12FO2/c1-17-13-4-2-10(3-5-13)14-9-12(16)8-11-6-7-18-15(11)14/h2-5,7-9H,6H2,1H3. The number of benzene rings is 2. The summed E-state index contributed by atoms with van der Waals surface area (Å²) in [5, 5.41) is 0. The second-order valence-electron chi connectivity index (χ2n) is 4.16. The van der Waals surface area contributed by atoms with E-state index in [2.05, 4.69) is 0 Å². The van der Waals surface area contributed by atoms with Crippen molar-refractivity contribution in [3.8, 4) is 22.6 Å². The highest BCUT2D eigenvalue weighted by Crippen LogP contribution is 2.39. The average Bonchev–Trinajstić information content (AvgIpc) is 2.86. The summed E-state index contributed by atoms with van der Waals surface area (Å²) in [7, 11) is 1.62. The number of fused-ring (bicyclic) bond motifs is 1. The average molecular weight is 243 g/mol. The lowest BCUT2D eigenvalue weighted by Crippen LogP contribution is -1.88. The minimum atomic E-state index is -0.238. The summed E-state index contributed by atoms with van der Waals surface area (Å²) in [6, 6.07) is 10.5. The monoisotopic (exact) mass is 243 g/mol. The highest BCUT2D eigenvalue weighted by molar-refractivity contribution is 5.73. The van der Waals surface area contributed by atoms with E-state index in [0.29, 0.717) is 6.42 Å². The molecule has 0 fully saturated rings. The molecule has 0 spiro atoms. The van der Waals surface area contributed by atoms with Gasteiger partial charge >= 0.3 is 0 Å². The van der Waals surface area contributed by atoms with Crippen molar-refractivity contribution >= 4 is 0 Å². The maximum absolute atomic E-state index is 13.6. The zero-order valence-corrected chi connectivity index (χ0v) is 9.94. The number of halogens is 1. The Kier molecular flexibility index (Phi) is 2.67. The van der Waals surface area contributed by atoms with Gasteiger partial charge in [-0.2, -0.15) is 0 Å². The molecule has 0 aliphatic carbocycles. The Morgan fingerprint density at radius 1 is 1.17 bits per heavy atom. The molecule has 1 radical (unpaired) electrons. The Bertz CT molecular complexity index is 576. The van der Waals surface area contributed by atoms with Crippen molar-refractivity contribution < 1.29 is 13.9 Å². The first-order valence-corrected chi connectivity index (χ1v) is 5.73. The molecule has 0 amide bonds. The van der Waals surface area contributed by atoms with Gasteiger partial charge in [-0.1, -0.05) is 12.1 Å². The summed E-state index contributed by atoms with van der Waals surface area (Å²) in [6.07, 6.45) is 0.649. The minimum absolute atomic E-state index is 0.238. The molecule has 2 nitrogen and oxygen atoms in total. The lowest BCUT2D eigenvalue weighted by Gasteiger charge is -2.09. The SMILES string of the molecule is COc1ccc(-c2cc(F)cc3c2O[CH]C3)cc1. The quantitative estimate of drug-likeness (QED) is 0.802. The van der Waals surface area contributed by atoms with Crippen LogP contribution in [0.25, 0.3) is 11.1 Å². The van der Waals surface area contributed by atoms with Crippen LogP contribution in [0.4, 0.5) is 4.39 Å². The Balaban J connectivity index is 2.10. The molecule has 0 saturated carbocycles. The molecule has 1 aliphatic heterocycles. The Labute approximate surface area is 105 Å². The van der Waals surface area contributed by atoms with Crippen LogP contribution in [0.1, 0.15) is 5.56 Å². The van der Waals surface area contributed by atoms with Gasteiger partial charge in [0.25, 0.3) is 0 Å². The third-order valence-electron chi connectivity index (χ3n) is 3.04. The molecular weight excluding hydrogens is 231 g/mol. The molecule has 2 aromatic carbocycles. The topological polar surface area (TPSA) is 18.5 Å². The van der Waals surface area contributed by atoms with Crippen molar-refractivity contribution in [3.63, 3.8) is 0 Å². The lowest BCUT2D eigenvalue weighted by molar-refractivity contribution is 0.415. The Hall–Kier alpha value is -2.03. The summed E-state index contributed by atoms with van der Waals surface area (Å²) in [5.74, 6) is 1.29. The van der Waals surface area contributed by atoms with Crippen LogP contribution in [-0.4, -0.2) is 7.11 Å². The van der Waals surface area contributed by atoms with Crippen LogP contribution in [0.3, 0.4) is 0 Å². The van der Waals surface area contributed by atoms with Gasteiger partial charge in [0.05, 0.1) is 7.11 Å². The van der Waals surface area contributed by atoms with Gasteiger partial charge in [-0.15, -0.1) is 0 Å². The first-order chi connectivity index (χ1) is 8.78. The van der Waals surface area contributed by atoms with Gasteiger partial charge in [-0.25, -0.2) is 4.39 Å². The van der Waals surface area contributed by atoms with Gasteiger partial charge in [0.1, 0.15) is 23.9 Å². The van der Waals surface area contributed by atoms with Crippen molar-refractivity contribution in [1.82, 2.24) is 0 Å². The summed E-state index contributed by atoms with van der Waals surface area (Å²) >= 11 is 0. The van der Waals surface area contributed by atoms with Gasteiger partial charge in [-0.05, 0) is 29.8 Å². The van der Waals surface area contributed by atoms with E-state index in [1.165, 1.54) is 12.1 Å². The van der Waals surface area contributed by atoms with E-state index in [1.54, 1.807) is 13.7 Å². The number of rotatable bonds is 2. The maximum Gasteiger partial charge on any atom is 0.140 e. The van der Waals surface area contributed by atoms with E-state index < -0.39 is 0 Å². The van der Waals surface area contributed by atoms with Crippen LogP contribution in [0.5, 0.6) is 11.5 Å². The zero-order valence-electron chi connectivity index (χ0n) is 9.94. The van der Waals surface area contributed by atoms with Crippen molar-refractivity contribution in [3.05, 3.63) is 54.4 Å². The molecule has 0 bridgehead atoms. The first-order valence-electron chi connectivity index (χ1n) is 5.73. The summed E-state index contributed by atoms with van der Waals surface area (Å²) in [5.41, 5.74) is 2.59. The molecule has 0 aromatic heterocycles. The van der Waals surface area contributed by atoms with E-state index in [0.717, 1.165) is 28.2 Å². The van der Waals surface area contributed by atoms with Gasteiger partial charge < -0.3 is 9.47 Å². The summed E-state index contributed by atoms with van der Waals surface area (Å²) in [4.78, 5) is 0. The van der Waals surface area contributed by atoms with Crippen LogP contribution < -0.4 is 9.47 Å². The van der Waals surface area contributed by atoms with Crippen molar-refractivity contribution in [2.45, 2.75) is 6.42 Å². The molecule has 3 rings (SSSR count). The predicted octanol–water partition coefficient (Wildman–Crippen LogP) is 3.60. The highest BCUT2D eigenvalue weighted by atomic mass is 19.1. The number of ether oxygens (including phenoxy) is 2. The predicted molar refractivity (Wildman–Crippen MR) is 67.0 cm³/mol. The molecular formula is C15H12FO2. The maximum atomic E-state index is 13.6. The van der Waals surface area contributed by atoms with E-state index in [4.69, 9.17) is 9.47 Å². The molecule has 2 aromatic rings. The van der Waals surface area contributed by atoms with Gasteiger partial charge in [0.2, 0.25) is 0 Å². The molecule has 0 saturated heterocycles. The molecule has 1 heterocycles. The fourth-order valence-electron chi connectivity index (χ4n) is 2.14. The van der Waals surface area contributed by atoms with Gasteiger partial charge in [0.15, 0.2) is 0 Å². The zero-order chi connectivity index (χ0) is 12.5. The molecule has 0 N–H and O–H groups in total. The number of hydrogen-bond acceptors (Lipinski definition) is 2. The normalized spacial score (nSPS) is 13.0. The van der Waals surface area contributed by atoms with Crippen LogP contribution >= 0.6 is 0 Å². The van der Waals surface area contributed by atoms with Gasteiger partial charge in [-0.3, -0.25) is 0 Å². The number of hydrogen-bond donors (Lipinski definition) is 0. The lowest BCUT2D eigenvalue weighted by atomic mass is 10.0. The fraction of sp³-hybridized carbons (Fsp3) is 0.133. The Morgan fingerprint density at radius 2 is 1.94 bits per heavy atom. The second-order valence-corrected chi connectivity index (χ2v) is 4.16. The van der Waals surface area contributed by atoms with E-state index in [-0.39, 0.29) is 5.82 Å². The molecule has 91 valence electrons. The van der Waals surface area contributed by atoms with E-state index >= 15 is 0 Å². The Morgan fingerprint density at radius 3 is 2.67 bits per heavy atom. The first kappa shape index (κ1) is 11.1. The molecule has 0 atom stereocenters. The van der Waals surface area contributed by atoms with Crippen LogP contribution in [0.15, 0.2) is 36.4 Å².